The minimum atomic E-state index is 0. The molecule has 1 rings (SSSR count). The van der Waals surface area contributed by atoms with Crippen molar-refractivity contribution in [3.63, 3.8) is 0 Å². The van der Waals surface area contributed by atoms with E-state index < -0.39 is 0 Å². The number of para-hydroxylation sites is 1. The van der Waals surface area contributed by atoms with Crippen molar-refractivity contribution in [2.24, 2.45) is 4.99 Å². The molecule has 0 unspecified atom stereocenters. The highest BCUT2D eigenvalue weighted by atomic mass is 127. The zero-order chi connectivity index (χ0) is 17.2. The van der Waals surface area contributed by atoms with Crippen LogP contribution in [0.2, 0.25) is 0 Å². The summed E-state index contributed by atoms with van der Waals surface area (Å²) in [5.41, 5.74) is 1.09. The summed E-state index contributed by atoms with van der Waals surface area (Å²) in [5, 5.41) is 3.25. The van der Waals surface area contributed by atoms with Crippen LogP contribution in [0.4, 0.5) is 0 Å². The molecule has 136 valence electrons. The molecule has 0 heterocycles. The van der Waals surface area contributed by atoms with E-state index in [0.717, 1.165) is 23.8 Å². The van der Waals surface area contributed by atoms with Crippen LogP contribution in [0, 0.1) is 0 Å². The molecule has 0 atom stereocenters. The maximum Gasteiger partial charge on any atom is 0.223 e. The molecule has 0 aliphatic carbocycles. The van der Waals surface area contributed by atoms with Gasteiger partial charge in [0.1, 0.15) is 5.75 Å². The molecule has 7 heteroatoms. The Bertz CT molecular complexity index is 535. The zero-order valence-corrected chi connectivity index (χ0v) is 17.5. The van der Waals surface area contributed by atoms with Crippen LogP contribution in [0.3, 0.4) is 0 Å². The smallest absolute Gasteiger partial charge is 0.223 e. The molecule has 0 aromatic heterocycles. The van der Waals surface area contributed by atoms with Crippen molar-refractivity contribution in [2.75, 3.05) is 41.3 Å². The molecule has 0 aliphatic rings. The second-order valence-electron chi connectivity index (χ2n) is 5.44. The Balaban J connectivity index is 0.00000529. The average Bonchev–Trinajstić information content (AvgIpc) is 2.54. The summed E-state index contributed by atoms with van der Waals surface area (Å²) in [5.74, 6) is 1.72. The summed E-state index contributed by atoms with van der Waals surface area (Å²) in [6, 6.07) is 7.93. The minimum Gasteiger partial charge on any atom is -0.496 e. The molecule has 0 radical (unpaired) electrons. The third kappa shape index (κ3) is 7.37. The fraction of sp³-hybridized carbons (Fsp3) is 0.529. The van der Waals surface area contributed by atoms with Gasteiger partial charge in [0.15, 0.2) is 5.96 Å². The Morgan fingerprint density at radius 2 is 1.92 bits per heavy atom. The van der Waals surface area contributed by atoms with Crippen molar-refractivity contribution in [3.8, 4) is 5.75 Å². The predicted molar refractivity (Wildman–Crippen MR) is 109 cm³/mol. The highest BCUT2D eigenvalue weighted by Gasteiger charge is 2.10. The summed E-state index contributed by atoms with van der Waals surface area (Å²) in [6.45, 7) is 3.95. The summed E-state index contributed by atoms with van der Waals surface area (Å²) < 4.78 is 5.39. The number of guanidine groups is 1. The first-order valence-electron chi connectivity index (χ1n) is 7.81. The second-order valence-corrected chi connectivity index (χ2v) is 5.44. The Labute approximate surface area is 162 Å². The number of hydrogen-bond acceptors (Lipinski definition) is 3. The van der Waals surface area contributed by atoms with Crippen molar-refractivity contribution in [2.45, 2.75) is 19.9 Å². The molecule has 6 nitrogen and oxygen atoms in total. The van der Waals surface area contributed by atoms with Crippen LogP contribution in [-0.2, 0) is 11.3 Å². The lowest BCUT2D eigenvalue weighted by molar-refractivity contribution is -0.128. The molecular formula is C17H29IN4O2. The van der Waals surface area contributed by atoms with Gasteiger partial charge in [0, 0.05) is 46.2 Å². The van der Waals surface area contributed by atoms with E-state index in [2.05, 4.69) is 10.3 Å². The van der Waals surface area contributed by atoms with Gasteiger partial charge in [-0.2, -0.15) is 0 Å². The van der Waals surface area contributed by atoms with Crippen molar-refractivity contribution in [1.29, 1.82) is 0 Å². The van der Waals surface area contributed by atoms with E-state index >= 15 is 0 Å². The maximum absolute atomic E-state index is 11.6. The van der Waals surface area contributed by atoms with Gasteiger partial charge in [-0.15, -0.1) is 24.0 Å². The van der Waals surface area contributed by atoms with E-state index in [9.17, 15) is 4.79 Å². The second kappa shape index (κ2) is 11.9. The highest BCUT2D eigenvalue weighted by Crippen LogP contribution is 2.18. The van der Waals surface area contributed by atoms with Gasteiger partial charge in [-0.25, -0.2) is 0 Å². The number of ether oxygens (including phenoxy) is 1. The lowest BCUT2D eigenvalue weighted by Gasteiger charge is -2.23. The number of aliphatic imine (C=N–C) groups is 1. The lowest BCUT2D eigenvalue weighted by atomic mass is 10.2. The number of carbonyl (C=O) groups excluding carboxylic acids is 1. The number of methoxy groups -OCH3 is 1. The molecule has 24 heavy (non-hydrogen) atoms. The summed E-state index contributed by atoms with van der Waals surface area (Å²) in [6.07, 6.45) is 0.407. The maximum atomic E-state index is 11.6. The van der Waals surface area contributed by atoms with E-state index in [1.165, 1.54) is 0 Å². The van der Waals surface area contributed by atoms with Crippen molar-refractivity contribution >= 4 is 35.8 Å². The summed E-state index contributed by atoms with van der Waals surface area (Å²) in [4.78, 5) is 19.8. The molecule has 0 saturated heterocycles. The molecule has 0 bridgehead atoms. The number of nitrogens with one attached hydrogen (secondary N) is 1. The highest BCUT2D eigenvalue weighted by molar-refractivity contribution is 14.0. The standard InChI is InChI=1S/C17H28N4O2.HI/c1-6-18-17(19-12-11-16(22)20(2)3)21(4)13-14-9-7-8-10-15(14)23-5;/h7-10H,6,11-13H2,1-5H3,(H,18,19);1H. The molecule has 0 fully saturated rings. The van der Waals surface area contributed by atoms with Crippen LogP contribution >= 0.6 is 24.0 Å². The Hall–Kier alpha value is -1.51. The van der Waals surface area contributed by atoms with E-state index in [-0.39, 0.29) is 29.9 Å². The number of halogens is 1. The molecule has 1 N–H and O–H groups in total. The van der Waals surface area contributed by atoms with Crippen LogP contribution in [0.25, 0.3) is 0 Å². The van der Waals surface area contributed by atoms with Crippen LogP contribution in [0.1, 0.15) is 18.9 Å². The molecule has 0 saturated carbocycles. The SMILES string of the molecule is CCNC(=NCCC(=O)N(C)C)N(C)Cc1ccccc1OC.I. The van der Waals surface area contributed by atoms with Gasteiger partial charge in [0.2, 0.25) is 5.91 Å². The fourth-order valence-corrected chi connectivity index (χ4v) is 2.11. The molecule has 0 spiro atoms. The minimum absolute atomic E-state index is 0. The van der Waals surface area contributed by atoms with Crippen molar-refractivity contribution in [1.82, 2.24) is 15.1 Å². The van der Waals surface area contributed by atoms with Crippen molar-refractivity contribution in [3.05, 3.63) is 29.8 Å². The monoisotopic (exact) mass is 448 g/mol. The Morgan fingerprint density at radius 1 is 1.25 bits per heavy atom. The van der Waals surface area contributed by atoms with Crippen LogP contribution in [0.15, 0.2) is 29.3 Å². The topological polar surface area (TPSA) is 57.2 Å². The number of benzene rings is 1. The quantitative estimate of drug-likeness (QED) is 0.395. The number of hydrogen-bond donors (Lipinski definition) is 1. The first-order chi connectivity index (χ1) is 11.0. The Kier molecular flexibility index (Phi) is 11.2. The number of amides is 1. The van der Waals surface area contributed by atoms with Crippen LogP contribution in [-0.4, -0.2) is 63.0 Å². The molecule has 0 aliphatic heterocycles. The molecular weight excluding hydrogens is 419 g/mol. The van der Waals surface area contributed by atoms with Crippen LogP contribution in [0.5, 0.6) is 5.75 Å². The summed E-state index contributed by atoms with van der Waals surface area (Å²) in [7, 11) is 7.16. The largest absolute Gasteiger partial charge is 0.496 e. The summed E-state index contributed by atoms with van der Waals surface area (Å²) >= 11 is 0. The van der Waals surface area contributed by atoms with Gasteiger partial charge in [-0.1, -0.05) is 18.2 Å². The third-order valence-electron chi connectivity index (χ3n) is 3.38. The zero-order valence-electron chi connectivity index (χ0n) is 15.2. The van der Waals surface area contributed by atoms with Gasteiger partial charge in [-0.3, -0.25) is 9.79 Å². The number of nitrogens with zero attached hydrogens (tertiary/aromatic N) is 3. The first-order valence-corrected chi connectivity index (χ1v) is 7.81. The van der Waals surface area contributed by atoms with E-state index in [4.69, 9.17) is 4.74 Å². The number of carbonyl (C=O) groups is 1. The molecule has 1 aromatic carbocycles. The lowest BCUT2D eigenvalue weighted by Crippen LogP contribution is -2.38. The first kappa shape index (κ1) is 22.5. The van der Waals surface area contributed by atoms with Gasteiger partial charge in [-0.05, 0) is 13.0 Å². The fourth-order valence-electron chi connectivity index (χ4n) is 2.11. The van der Waals surface area contributed by atoms with Crippen molar-refractivity contribution < 1.29 is 9.53 Å². The van der Waals surface area contributed by atoms with Gasteiger partial charge >= 0.3 is 0 Å². The third-order valence-corrected chi connectivity index (χ3v) is 3.38. The van der Waals surface area contributed by atoms with Gasteiger partial charge in [0.05, 0.1) is 13.7 Å². The number of rotatable bonds is 7. The van der Waals surface area contributed by atoms with E-state index in [1.54, 1.807) is 26.1 Å². The van der Waals surface area contributed by atoms with E-state index in [0.29, 0.717) is 19.5 Å². The molecule has 1 aromatic rings. The van der Waals surface area contributed by atoms with Crippen LogP contribution < -0.4 is 10.1 Å². The van der Waals surface area contributed by atoms with E-state index in [1.807, 2.05) is 43.1 Å². The predicted octanol–water partition coefficient (Wildman–Crippen LogP) is 2.19. The Morgan fingerprint density at radius 3 is 2.50 bits per heavy atom. The average molecular weight is 448 g/mol. The molecule has 1 amide bonds. The normalized spacial score (nSPS) is 10.6. The van der Waals surface area contributed by atoms with Gasteiger partial charge in [0.25, 0.3) is 0 Å². The van der Waals surface area contributed by atoms with Gasteiger partial charge < -0.3 is 19.9 Å².